The first-order chi connectivity index (χ1) is 9.96. The second-order valence-electron chi connectivity index (χ2n) is 4.26. The van der Waals surface area contributed by atoms with Gasteiger partial charge in [-0.25, -0.2) is 0 Å². The lowest BCUT2D eigenvalue weighted by atomic mass is 10.1. The van der Waals surface area contributed by atoms with Crippen LogP contribution in [0.2, 0.25) is 0 Å². The van der Waals surface area contributed by atoms with Gasteiger partial charge >= 0.3 is 6.18 Å². The first kappa shape index (κ1) is 17.5. The van der Waals surface area contributed by atoms with Gasteiger partial charge in [0.2, 0.25) is 0 Å². The normalized spacial score (nSPS) is 11.4. The smallest absolute Gasteiger partial charge is 0.382 e. The fourth-order valence-corrected chi connectivity index (χ4v) is 1.64. The Labute approximate surface area is 121 Å². The molecule has 0 aliphatic carbocycles. The number of ether oxygens (including phenoxy) is 2. The molecule has 0 atom stereocenters. The van der Waals surface area contributed by atoms with Crippen molar-refractivity contribution in [2.45, 2.75) is 12.6 Å². The van der Waals surface area contributed by atoms with E-state index in [4.69, 9.17) is 9.47 Å². The minimum atomic E-state index is -4.54. The Balaban J connectivity index is 2.43. The summed E-state index contributed by atoms with van der Waals surface area (Å²) in [5, 5.41) is 2.45. The average molecular weight is 305 g/mol. The van der Waals surface area contributed by atoms with Crippen molar-refractivity contribution in [2.75, 3.05) is 33.5 Å². The molecule has 118 valence electrons. The van der Waals surface area contributed by atoms with Crippen molar-refractivity contribution < 1.29 is 27.4 Å². The maximum Gasteiger partial charge on any atom is 0.417 e. The van der Waals surface area contributed by atoms with E-state index in [1.165, 1.54) is 12.1 Å². The number of hydrogen-bond donors (Lipinski definition) is 1. The molecule has 1 aromatic carbocycles. The lowest BCUT2D eigenvalue weighted by Gasteiger charge is -2.12. The van der Waals surface area contributed by atoms with Gasteiger partial charge in [-0.1, -0.05) is 12.1 Å². The van der Waals surface area contributed by atoms with Crippen LogP contribution in [0.25, 0.3) is 0 Å². The highest BCUT2D eigenvalue weighted by molar-refractivity contribution is 5.95. The second-order valence-corrected chi connectivity index (χ2v) is 4.26. The van der Waals surface area contributed by atoms with Crippen LogP contribution in [0.5, 0.6) is 0 Å². The van der Waals surface area contributed by atoms with E-state index < -0.39 is 17.6 Å². The van der Waals surface area contributed by atoms with Crippen LogP contribution >= 0.6 is 0 Å². The number of amides is 1. The molecule has 7 heteroatoms. The van der Waals surface area contributed by atoms with Crippen LogP contribution < -0.4 is 5.32 Å². The molecular formula is C14H18F3NO3. The highest BCUT2D eigenvalue weighted by Gasteiger charge is 2.34. The van der Waals surface area contributed by atoms with Crippen LogP contribution in [0, 0.1) is 0 Å². The number of carbonyl (C=O) groups is 1. The number of carbonyl (C=O) groups excluding carboxylic acids is 1. The van der Waals surface area contributed by atoms with Crippen molar-refractivity contribution in [1.29, 1.82) is 0 Å². The Morgan fingerprint density at radius 2 is 1.90 bits per heavy atom. The average Bonchev–Trinajstić information content (AvgIpc) is 2.45. The molecule has 0 aliphatic heterocycles. The van der Waals surface area contributed by atoms with Crippen LogP contribution in [0.4, 0.5) is 13.2 Å². The monoisotopic (exact) mass is 305 g/mol. The number of methoxy groups -OCH3 is 1. The van der Waals surface area contributed by atoms with Gasteiger partial charge < -0.3 is 14.8 Å². The minimum Gasteiger partial charge on any atom is -0.382 e. The van der Waals surface area contributed by atoms with E-state index in [0.29, 0.717) is 26.2 Å². The predicted molar refractivity (Wildman–Crippen MR) is 71.1 cm³/mol. The fraction of sp³-hybridized carbons (Fsp3) is 0.500. The first-order valence-corrected chi connectivity index (χ1v) is 6.48. The summed E-state index contributed by atoms with van der Waals surface area (Å²) in [4.78, 5) is 11.8. The largest absolute Gasteiger partial charge is 0.417 e. The molecular weight excluding hydrogens is 287 g/mol. The van der Waals surface area contributed by atoms with E-state index in [0.717, 1.165) is 12.1 Å². The summed E-state index contributed by atoms with van der Waals surface area (Å²) in [6, 6.07) is 4.71. The number of benzene rings is 1. The molecule has 1 aromatic rings. The fourth-order valence-electron chi connectivity index (χ4n) is 1.64. The number of rotatable bonds is 8. The van der Waals surface area contributed by atoms with Crippen LogP contribution in [0.15, 0.2) is 24.3 Å². The van der Waals surface area contributed by atoms with Gasteiger partial charge in [0, 0.05) is 20.3 Å². The molecule has 1 amide bonds. The molecule has 0 heterocycles. The zero-order chi connectivity index (χ0) is 15.7. The van der Waals surface area contributed by atoms with Gasteiger partial charge in [-0.05, 0) is 18.6 Å². The maximum atomic E-state index is 12.8. The highest BCUT2D eigenvalue weighted by Crippen LogP contribution is 2.31. The maximum absolute atomic E-state index is 12.8. The van der Waals surface area contributed by atoms with E-state index in [9.17, 15) is 18.0 Å². The Kier molecular flexibility index (Phi) is 7.18. The molecule has 4 nitrogen and oxygen atoms in total. The Morgan fingerprint density at radius 3 is 2.57 bits per heavy atom. The number of nitrogens with one attached hydrogen (secondary N) is 1. The van der Waals surface area contributed by atoms with Crippen molar-refractivity contribution in [2.24, 2.45) is 0 Å². The third-order valence-electron chi connectivity index (χ3n) is 2.66. The molecule has 1 rings (SSSR count). The van der Waals surface area contributed by atoms with Crippen LogP contribution in [-0.4, -0.2) is 39.4 Å². The molecule has 0 bridgehead atoms. The van der Waals surface area contributed by atoms with Crippen molar-refractivity contribution in [1.82, 2.24) is 5.32 Å². The molecule has 0 saturated carbocycles. The summed E-state index contributed by atoms with van der Waals surface area (Å²) in [7, 11) is 1.56. The van der Waals surface area contributed by atoms with Gasteiger partial charge in [-0.3, -0.25) is 4.79 Å². The van der Waals surface area contributed by atoms with Gasteiger partial charge in [-0.2, -0.15) is 13.2 Å². The molecule has 0 aromatic heterocycles. The van der Waals surface area contributed by atoms with E-state index in [-0.39, 0.29) is 12.1 Å². The Hall–Kier alpha value is -1.60. The highest BCUT2D eigenvalue weighted by atomic mass is 19.4. The summed E-state index contributed by atoms with van der Waals surface area (Å²) in [6.07, 6.45) is -4.03. The van der Waals surface area contributed by atoms with Crippen LogP contribution in [-0.2, 0) is 15.7 Å². The standard InChI is InChI=1S/C14H18F3NO3/c1-20-9-10-21-8-4-7-18-13(19)11-5-2-3-6-12(11)14(15,16)17/h2-3,5-6H,4,7-10H2,1H3,(H,18,19). The molecule has 0 saturated heterocycles. The van der Waals surface area contributed by atoms with Gasteiger partial charge in [0.1, 0.15) is 0 Å². The summed E-state index contributed by atoms with van der Waals surface area (Å²) in [5.74, 6) is -0.736. The molecule has 0 fully saturated rings. The number of hydrogen-bond acceptors (Lipinski definition) is 3. The van der Waals surface area contributed by atoms with E-state index >= 15 is 0 Å². The first-order valence-electron chi connectivity index (χ1n) is 6.48. The van der Waals surface area contributed by atoms with Crippen LogP contribution in [0.1, 0.15) is 22.3 Å². The minimum absolute atomic E-state index is 0.248. The van der Waals surface area contributed by atoms with E-state index in [1.54, 1.807) is 7.11 Å². The molecule has 0 aliphatic rings. The molecule has 1 N–H and O–H groups in total. The third-order valence-corrected chi connectivity index (χ3v) is 2.66. The van der Waals surface area contributed by atoms with Crippen LogP contribution in [0.3, 0.4) is 0 Å². The SMILES string of the molecule is COCCOCCCNC(=O)c1ccccc1C(F)(F)F. The van der Waals surface area contributed by atoms with Crippen molar-refractivity contribution >= 4 is 5.91 Å². The quantitative estimate of drug-likeness (QED) is 0.751. The lowest BCUT2D eigenvalue weighted by Crippen LogP contribution is -2.27. The van der Waals surface area contributed by atoms with Crippen molar-refractivity contribution in [3.05, 3.63) is 35.4 Å². The number of halogens is 3. The van der Waals surface area contributed by atoms with Crippen molar-refractivity contribution in [3.8, 4) is 0 Å². The predicted octanol–water partition coefficient (Wildman–Crippen LogP) is 2.49. The molecule has 0 radical (unpaired) electrons. The lowest BCUT2D eigenvalue weighted by molar-refractivity contribution is -0.137. The van der Waals surface area contributed by atoms with E-state index in [1.807, 2.05) is 0 Å². The number of alkyl halides is 3. The van der Waals surface area contributed by atoms with Crippen molar-refractivity contribution in [3.63, 3.8) is 0 Å². The molecule has 0 unspecified atom stereocenters. The van der Waals surface area contributed by atoms with Gasteiger partial charge in [0.15, 0.2) is 0 Å². The summed E-state index contributed by atoms with van der Waals surface area (Å²) in [5.41, 5.74) is -1.30. The Morgan fingerprint density at radius 1 is 1.19 bits per heavy atom. The zero-order valence-corrected chi connectivity index (χ0v) is 11.7. The van der Waals surface area contributed by atoms with Gasteiger partial charge in [-0.15, -0.1) is 0 Å². The summed E-state index contributed by atoms with van der Waals surface area (Å²) >= 11 is 0. The van der Waals surface area contributed by atoms with E-state index in [2.05, 4.69) is 5.32 Å². The summed E-state index contributed by atoms with van der Waals surface area (Å²) < 4.78 is 48.2. The van der Waals surface area contributed by atoms with Gasteiger partial charge in [0.05, 0.1) is 24.3 Å². The Bertz CT molecular complexity index is 449. The summed E-state index contributed by atoms with van der Waals surface area (Å²) in [6.45, 7) is 1.58. The molecule has 0 spiro atoms. The molecule has 21 heavy (non-hydrogen) atoms. The third kappa shape index (κ3) is 6.14. The second kappa shape index (κ2) is 8.63. The zero-order valence-electron chi connectivity index (χ0n) is 11.7. The topological polar surface area (TPSA) is 47.6 Å². The van der Waals surface area contributed by atoms with Gasteiger partial charge in [0.25, 0.3) is 5.91 Å².